The predicted molar refractivity (Wildman–Crippen MR) is 175 cm³/mol. The van der Waals surface area contributed by atoms with E-state index in [1.165, 1.54) is 0 Å². The van der Waals surface area contributed by atoms with E-state index in [4.69, 9.17) is 9.97 Å². The van der Waals surface area contributed by atoms with Gasteiger partial charge in [0.05, 0.1) is 17.7 Å². The second-order valence-electron chi connectivity index (χ2n) is 10.7. The van der Waals surface area contributed by atoms with E-state index in [2.05, 4.69) is 65.6 Å². The Balaban J connectivity index is 1.40. The van der Waals surface area contributed by atoms with Gasteiger partial charge in [0.15, 0.2) is 0 Å². The van der Waals surface area contributed by atoms with Crippen molar-refractivity contribution < 1.29 is 4.79 Å². The molecule has 1 aliphatic rings. The van der Waals surface area contributed by atoms with Gasteiger partial charge in [-0.1, -0.05) is 103 Å². The summed E-state index contributed by atoms with van der Waals surface area (Å²) in [5.74, 6) is 1.55. The number of aromatic nitrogens is 2. The number of rotatable bonds is 7. The van der Waals surface area contributed by atoms with Gasteiger partial charge in [0.25, 0.3) is 5.91 Å². The predicted octanol–water partition coefficient (Wildman–Crippen LogP) is 8.36. The molecule has 208 valence electrons. The van der Waals surface area contributed by atoms with Crippen molar-refractivity contribution in [2.24, 2.45) is 0 Å². The number of anilines is 3. The lowest BCUT2D eigenvalue weighted by atomic mass is 10.0. The molecule has 0 bridgehead atoms. The number of aryl methyl sites for hydroxylation is 1. The first kappa shape index (κ1) is 26.4. The zero-order valence-electron chi connectivity index (χ0n) is 23.9. The number of carbonyl (C=O) groups excluding carboxylic acids is 1. The van der Waals surface area contributed by atoms with Crippen LogP contribution in [0.2, 0.25) is 0 Å². The lowest BCUT2D eigenvalue weighted by molar-refractivity contribution is -0.113. The van der Waals surface area contributed by atoms with E-state index in [1.807, 2.05) is 90.7 Å². The first-order chi connectivity index (χ1) is 21.1. The molecule has 43 heavy (non-hydrogen) atoms. The Kier molecular flexibility index (Phi) is 6.97. The molecule has 7 rings (SSSR count). The molecule has 5 heteroatoms. The maximum absolute atomic E-state index is 14.1. The SMILES string of the molecule is Cc1nc(N(Cc2ccccc2)c2ccc3c(c2)/C(=C\c2ccccc2)C(=O)N3Cc2ccccc2)c2ccccc2n1. The summed E-state index contributed by atoms with van der Waals surface area (Å²) in [4.78, 5) is 27.8. The summed E-state index contributed by atoms with van der Waals surface area (Å²) in [5, 5.41) is 0.978. The molecule has 1 aliphatic heterocycles. The number of carbonyl (C=O) groups is 1. The van der Waals surface area contributed by atoms with Crippen molar-refractivity contribution in [2.75, 3.05) is 9.80 Å². The van der Waals surface area contributed by atoms with Crippen LogP contribution in [0.3, 0.4) is 0 Å². The highest BCUT2D eigenvalue weighted by molar-refractivity contribution is 6.36. The molecule has 5 nitrogen and oxygen atoms in total. The van der Waals surface area contributed by atoms with Gasteiger partial charge >= 0.3 is 0 Å². The second-order valence-corrected chi connectivity index (χ2v) is 10.7. The van der Waals surface area contributed by atoms with Crippen LogP contribution < -0.4 is 9.80 Å². The van der Waals surface area contributed by atoms with Crippen molar-refractivity contribution in [3.05, 3.63) is 162 Å². The smallest absolute Gasteiger partial charge is 0.259 e. The summed E-state index contributed by atoms with van der Waals surface area (Å²) in [6.07, 6.45) is 2.00. The topological polar surface area (TPSA) is 49.3 Å². The molecule has 0 saturated heterocycles. The van der Waals surface area contributed by atoms with E-state index in [-0.39, 0.29) is 5.91 Å². The average Bonchev–Trinajstić information content (AvgIpc) is 3.30. The number of fused-ring (bicyclic) bond motifs is 2. The Morgan fingerprint density at radius 1 is 0.721 bits per heavy atom. The van der Waals surface area contributed by atoms with Crippen molar-refractivity contribution in [1.82, 2.24) is 9.97 Å². The second kappa shape index (κ2) is 11.4. The van der Waals surface area contributed by atoms with Crippen molar-refractivity contribution >= 4 is 45.7 Å². The van der Waals surface area contributed by atoms with E-state index in [0.717, 1.165) is 50.3 Å². The Morgan fingerprint density at radius 2 is 1.37 bits per heavy atom. The largest absolute Gasteiger partial charge is 0.321 e. The van der Waals surface area contributed by atoms with Gasteiger partial charge in [-0.25, -0.2) is 9.97 Å². The van der Waals surface area contributed by atoms with Crippen LogP contribution in [-0.2, 0) is 17.9 Å². The lowest BCUT2D eigenvalue weighted by Crippen LogP contribution is -2.25. The van der Waals surface area contributed by atoms with Crippen molar-refractivity contribution in [1.29, 1.82) is 0 Å². The standard InChI is InChI=1S/C38H30N4O/c1-27-39-35-20-12-11-19-32(35)37(40-27)41(25-29-15-7-3-8-16-29)31-21-22-36-33(24-31)34(23-28-13-5-2-6-14-28)38(43)42(36)26-30-17-9-4-10-18-30/h2-24H,25-26H2,1H3/b34-23+. The van der Waals surface area contributed by atoms with E-state index in [1.54, 1.807) is 0 Å². The fourth-order valence-corrected chi connectivity index (χ4v) is 5.72. The number of hydrogen-bond acceptors (Lipinski definition) is 4. The third-order valence-electron chi connectivity index (χ3n) is 7.78. The number of para-hydroxylation sites is 1. The van der Waals surface area contributed by atoms with Gasteiger partial charge in [-0.3, -0.25) is 4.79 Å². The molecule has 2 heterocycles. The number of nitrogens with zero attached hydrogens (tertiary/aromatic N) is 4. The summed E-state index contributed by atoms with van der Waals surface area (Å²) in [6, 6.07) is 45.0. The van der Waals surface area contributed by atoms with E-state index in [0.29, 0.717) is 24.5 Å². The van der Waals surface area contributed by atoms with Crippen LogP contribution >= 0.6 is 0 Å². The Hall–Kier alpha value is -5.55. The van der Waals surface area contributed by atoms with Crippen LogP contribution in [0, 0.1) is 6.92 Å². The fourth-order valence-electron chi connectivity index (χ4n) is 5.72. The minimum Gasteiger partial charge on any atom is -0.321 e. The molecular weight excluding hydrogens is 528 g/mol. The maximum atomic E-state index is 14.1. The van der Waals surface area contributed by atoms with Gasteiger partial charge in [0, 0.05) is 28.8 Å². The molecule has 0 saturated carbocycles. The molecule has 0 N–H and O–H groups in total. The minimum absolute atomic E-state index is 0.00204. The van der Waals surface area contributed by atoms with Crippen molar-refractivity contribution in [3.63, 3.8) is 0 Å². The highest BCUT2D eigenvalue weighted by atomic mass is 16.2. The van der Waals surface area contributed by atoms with E-state index >= 15 is 0 Å². The molecule has 0 radical (unpaired) electrons. The van der Waals surface area contributed by atoms with Gasteiger partial charge in [-0.15, -0.1) is 0 Å². The third-order valence-corrected chi connectivity index (χ3v) is 7.78. The molecule has 6 aromatic rings. The lowest BCUT2D eigenvalue weighted by Gasteiger charge is -2.26. The first-order valence-electron chi connectivity index (χ1n) is 14.5. The zero-order valence-corrected chi connectivity index (χ0v) is 23.9. The molecule has 5 aromatic carbocycles. The van der Waals surface area contributed by atoms with Gasteiger partial charge in [0.2, 0.25) is 0 Å². The summed E-state index contributed by atoms with van der Waals surface area (Å²) in [6.45, 7) is 3.04. The molecule has 0 aliphatic carbocycles. The van der Waals surface area contributed by atoms with E-state index in [9.17, 15) is 4.79 Å². The highest BCUT2D eigenvalue weighted by Crippen LogP contribution is 2.42. The van der Waals surface area contributed by atoms with Gasteiger partial charge in [-0.2, -0.15) is 0 Å². The Labute approximate surface area is 251 Å². The quantitative estimate of drug-likeness (QED) is 0.185. The molecule has 0 atom stereocenters. The third kappa shape index (κ3) is 5.29. The molecule has 1 amide bonds. The molecule has 0 unspecified atom stereocenters. The highest BCUT2D eigenvalue weighted by Gasteiger charge is 2.33. The number of benzene rings is 5. The van der Waals surface area contributed by atoms with Crippen LogP contribution in [0.15, 0.2) is 133 Å². The van der Waals surface area contributed by atoms with Gasteiger partial charge in [-0.05, 0) is 60.0 Å². The summed E-state index contributed by atoms with van der Waals surface area (Å²) in [7, 11) is 0. The number of amides is 1. The number of hydrogen-bond donors (Lipinski definition) is 0. The monoisotopic (exact) mass is 558 g/mol. The Bertz CT molecular complexity index is 1950. The molecule has 1 aromatic heterocycles. The minimum atomic E-state index is -0.00204. The van der Waals surface area contributed by atoms with Gasteiger partial charge < -0.3 is 9.80 Å². The fraction of sp³-hybridized carbons (Fsp3) is 0.0789. The summed E-state index contributed by atoms with van der Waals surface area (Å²) < 4.78 is 0. The molecular formula is C38H30N4O. The maximum Gasteiger partial charge on any atom is 0.259 e. The zero-order chi connectivity index (χ0) is 29.2. The summed E-state index contributed by atoms with van der Waals surface area (Å²) >= 11 is 0. The first-order valence-corrected chi connectivity index (χ1v) is 14.5. The Morgan fingerprint density at radius 3 is 2.12 bits per heavy atom. The van der Waals surface area contributed by atoms with Crippen LogP contribution in [0.1, 0.15) is 28.1 Å². The van der Waals surface area contributed by atoms with Crippen molar-refractivity contribution in [3.8, 4) is 0 Å². The van der Waals surface area contributed by atoms with Crippen LogP contribution in [0.5, 0.6) is 0 Å². The van der Waals surface area contributed by atoms with E-state index < -0.39 is 0 Å². The molecule has 0 spiro atoms. The van der Waals surface area contributed by atoms with Crippen LogP contribution in [-0.4, -0.2) is 15.9 Å². The van der Waals surface area contributed by atoms with Crippen molar-refractivity contribution in [2.45, 2.75) is 20.0 Å². The summed E-state index contributed by atoms with van der Waals surface area (Å²) in [5.41, 5.74) is 7.59. The van der Waals surface area contributed by atoms with Crippen LogP contribution in [0.25, 0.3) is 22.6 Å². The average molecular weight is 559 g/mol. The normalized spacial score (nSPS) is 13.5. The van der Waals surface area contributed by atoms with Crippen LogP contribution in [0.4, 0.5) is 17.2 Å². The van der Waals surface area contributed by atoms with Gasteiger partial charge in [0.1, 0.15) is 11.6 Å². The molecule has 0 fully saturated rings.